The van der Waals surface area contributed by atoms with Crippen LogP contribution in [-0.2, 0) is 6.42 Å². The molecule has 2 atom stereocenters. The lowest BCUT2D eigenvalue weighted by Crippen LogP contribution is -2.18. The Labute approximate surface area is 123 Å². The standard InChI is InChI=1S/C17H20BrN/c1-11-7-8-13-12-5-3-4-6-14(12)16(18)10-15(13)17(9-11)19-2/h3-6,10-11,17,19H,7-9H2,1-2H3. The largest absolute Gasteiger partial charge is 0.313 e. The molecule has 0 amide bonds. The molecule has 2 unspecified atom stereocenters. The van der Waals surface area contributed by atoms with Crippen molar-refractivity contribution in [2.75, 3.05) is 7.05 Å². The van der Waals surface area contributed by atoms with Gasteiger partial charge in [0.15, 0.2) is 0 Å². The lowest BCUT2D eigenvalue weighted by Gasteiger charge is -2.20. The van der Waals surface area contributed by atoms with Crippen LogP contribution >= 0.6 is 15.9 Å². The molecule has 0 aromatic heterocycles. The van der Waals surface area contributed by atoms with Crippen molar-refractivity contribution in [3.8, 4) is 0 Å². The summed E-state index contributed by atoms with van der Waals surface area (Å²) in [5.74, 6) is 0.780. The molecular formula is C17H20BrN. The molecule has 2 heteroatoms. The van der Waals surface area contributed by atoms with Gasteiger partial charge in [0.25, 0.3) is 0 Å². The van der Waals surface area contributed by atoms with E-state index in [2.05, 4.69) is 65.5 Å². The second kappa shape index (κ2) is 5.26. The number of benzene rings is 2. The number of aryl methyl sites for hydroxylation is 1. The first-order valence-corrected chi connectivity index (χ1v) is 7.87. The summed E-state index contributed by atoms with van der Waals surface area (Å²) in [5, 5.41) is 6.26. The van der Waals surface area contributed by atoms with E-state index in [1.54, 1.807) is 5.56 Å². The van der Waals surface area contributed by atoms with E-state index < -0.39 is 0 Å². The molecule has 0 bridgehead atoms. The highest BCUT2D eigenvalue weighted by Gasteiger charge is 2.23. The van der Waals surface area contributed by atoms with E-state index in [1.807, 2.05) is 0 Å². The number of hydrogen-bond donors (Lipinski definition) is 1. The minimum absolute atomic E-state index is 0.480. The van der Waals surface area contributed by atoms with Crippen molar-refractivity contribution < 1.29 is 0 Å². The van der Waals surface area contributed by atoms with Crippen LogP contribution in [0.5, 0.6) is 0 Å². The predicted molar refractivity (Wildman–Crippen MR) is 85.6 cm³/mol. The zero-order chi connectivity index (χ0) is 13.4. The molecule has 1 N–H and O–H groups in total. The third-order valence-electron chi connectivity index (χ3n) is 4.39. The van der Waals surface area contributed by atoms with Crippen molar-refractivity contribution in [2.24, 2.45) is 5.92 Å². The Morgan fingerprint density at radius 3 is 2.68 bits per heavy atom. The van der Waals surface area contributed by atoms with Crippen LogP contribution in [0.4, 0.5) is 0 Å². The maximum atomic E-state index is 3.75. The van der Waals surface area contributed by atoms with Gasteiger partial charge >= 0.3 is 0 Å². The molecule has 19 heavy (non-hydrogen) atoms. The number of nitrogens with one attached hydrogen (secondary N) is 1. The summed E-state index contributed by atoms with van der Waals surface area (Å²) >= 11 is 3.75. The van der Waals surface area contributed by atoms with Gasteiger partial charge in [0, 0.05) is 10.5 Å². The van der Waals surface area contributed by atoms with Gasteiger partial charge in [0.1, 0.15) is 0 Å². The maximum Gasteiger partial charge on any atom is 0.0323 e. The van der Waals surface area contributed by atoms with Crippen molar-refractivity contribution in [1.29, 1.82) is 0 Å². The molecule has 0 spiro atoms. The van der Waals surface area contributed by atoms with E-state index in [1.165, 1.54) is 40.1 Å². The third kappa shape index (κ3) is 2.32. The van der Waals surface area contributed by atoms with E-state index in [4.69, 9.17) is 0 Å². The Morgan fingerprint density at radius 2 is 1.95 bits per heavy atom. The van der Waals surface area contributed by atoms with Gasteiger partial charge in [-0.05, 0) is 60.2 Å². The van der Waals surface area contributed by atoms with E-state index in [9.17, 15) is 0 Å². The van der Waals surface area contributed by atoms with Crippen LogP contribution in [-0.4, -0.2) is 7.05 Å². The molecule has 0 aliphatic heterocycles. The van der Waals surface area contributed by atoms with E-state index in [0.717, 1.165) is 5.92 Å². The lowest BCUT2D eigenvalue weighted by atomic mass is 9.93. The van der Waals surface area contributed by atoms with Gasteiger partial charge in [-0.25, -0.2) is 0 Å². The minimum Gasteiger partial charge on any atom is -0.313 e. The third-order valence-corrected chi connectivity index (χ3v) is 5.05. The zero-order valence-corrected chi connectivity index (χ0v) is 13.1. The predicted octanol–water partition coefficient (Wildman–Crippen LogP) is 4.84. The molecule has 2 aromatic carbocycles. The fourth-order valence-corrected chi connectivity index (χ4v) is 3.90. The average Bonchev–Trinajstić information content (AvgIpc) is 2.59. The van der Waals surface area contributed by atoms with Gasteiger partial charge < -0.3 is 5.32 Å². The first-order chi connectivity index (χ1) is 9.20. The van der Waals surface area contributed by atoms with E-state index >= 15 is 0 Å². The smallest absolute Gasteiger partial charge is 0.0323 e. The van der Waals surface area contributed by atoms with Gasteiger partial charge in [-0.15, -0.1) is 0 Å². The second-order valence-corrected chi connectivity index (χ2v) is 6.55. The van der Waals surface area contributed by atoms with E-state index in [-0.39, 0.29) is 0 Å². The van der Waals surface area contributed by atoms with Crippen LogP contribution in [0.15, 0.2) is 34.8 Å². The van der Waals surface area contributed by atoms with Crippen molar-refractivity contribution in [3.05, 3.63) is 45.9 Å². The molecular weight excluding hydrogens is 298 g/mol. The second-order valence-electron chi connectivity index (χ2n) is 5.69. The molecule has 3 rings (SSSR count). The van der Waals surface area contributed by atoms with Crippen LogP contribution in [0.1, 0.15) is 36.9 Å². The molecule has 0 radical (unpaired) electrons. The minimum atomic E-state index is 0.480. The van der Waals surface area contributed by atoms with Crippen LogP contribution in [0.3, 0.4) is 0 Å². The fourth-order valence-electron chi connectivity index (χ4n) is 3.31. The Bertz CT molecular complexity index is 605. The normalized spacial score (nSPS) is 23.1. The summed E-state index contributed by atoms with van der Waals surface area (Å²) in [7, 11) is 2.08. The highest BCUT2D eigenvalue weighted by molar-refractivity contribution is 9.10. The summed E-state index contributed by atoms with van der Waals surface area (Å²) in [5.41, 5.74) is 3.03. The van der Waals surface area contributed by atoms with Gasteiger partial charge in [-0.3, -0.25) is 0 Å². The molecule has 0 saturated heterocycles. The molecule has 1 aliphatic carbocycles. The quantitative estimate of drug-likeness (QED) is 0.742. The summed E-state index contributed by atoms with van der Waals surface area (Å²) in [6.45, 7) is 2.37. The Balaban J connectivity index is 2.26. The van der Waals surface area contributed by atoms with Crippen molar-refractivity contribution in [2.45, 2.75) is 32.2 Å². The number of halogens is 1. The monoisotopic (exact) mass is 317 g/mol. The number of hydrogen-bond acceptors (Lipinski definition) is 1. The number of rotatable bonds is 1. The van der Waals surface area contributed by atoms with Gasteiger partial charge in [0.05, 0.1) is 0 Å². The van der Waals surface area contributed by atoms with Crippen LogP contribution < -0.4 is 5.32 Å². The topological polar surface area (TPSA) is 12.0 Å². The highest BCUT2D eigenvalue weighted by Crippen LogP contribution is 2.38. The molecule has 0 fully saturated rings. The summed E-state index contributed by atoms with van der Waals surface area (Å²) in [4.78, 5) is 0. The Hall–Kier alpha value is -0.860. The SMILES string of the molecule is CNC1CC(C)CCc2c1cc(Br)c1ccccc21. The van der Waals surface area contributed by atoms with Gasteiger partial charge in [0.2, 0.25) is 0 Å². The molecule has 0 heterocycles. The van der Waals surface area contributed by atoms with Crippen LogP contribution in [0.25, 0.3) is 10.8 Å². The molecule has 2 aromatic rings. The molecule has 0 saturated carbocycles. The average molecular weight is 318 g/mol. The van der Waals surface area contributed by atoms with Crippen LogP contribution in [0.2, 0.25) is 0 Å². The maximum absolute atomic E-state index is 3.75. The van der Waals surface area contributed by atoms with Gasteiger partial charge in [-0.2, -0.15) is 0 Å². The highest BCUT2D eigenvalue weighted by atomic mass is 79.9. The first kappa shape index (κ1) is 13.1. The summed E-state index contributed by atoms with van der Waals surface area (Å²) in [6.07, 6.45) is 3.72. The van der Waals surface area contributed by atoms with Crippen LogP contribution in [0, 0.1) is 5.92 Å². The Kier molecular flexibility index (Phi) is 3.64. The Morgan fingerprint density at radius 1 is 1.21 bits per heavy atom. The molecule has 1 nitrogen and oxygen atoms in total. The summed E-state index contributed by atoms with van der Waals surface area (Å²) in [6, 6.07) is 11.6. The van der Waals surface area contributed by atoms with Crippen molar-refractivity contribution in [1.82, 2.24) is 5.32 Å². The van der Waals surface area contributed by atoms with E-state index in [0.29, 0.717) is 6.04 Å². The molecule has 100 valence electrons. The van der Waals surface area contributed by atoms with Crippen molar-refractivity contribution in [3.63, 3.8) is 0 Å². The first-order valence-electron chi connectivity index (χ1n) is 7.08. The van der Waals surface area contributed by atoms with Gasteiger partial charge in [-0.1, -0.05) is 47.1 Å². The fraction of sp³-hybridized carbons (Fsp3) is 0.412. The summed E-state index contributed by atoms with van der Waals surface area (Å²) < 4.78 is 1.22. The number of fused-ring (bicyclic) bond motifs is 3. The lowest BCUT2D eigenvalue weighted by molar-refractivity contribution is 0.428. The molecule has 1 aliphatic rings. The zero-order valence-electron chi connectivity index (χ0n) is 11.5. The van der Waals surface area contributed by atoms with Crippen molar-refractivity contribution >= 4 is 26.7 Å².